The Bertz CT molecular complexity index is 442. The third kappa shape index (κ3) is 3.69. The van der Waals surface area contributed by atoms with Crippen molar-refractivity contribution < 1.29 is 4.74 Å². The van der Waals surface area contributed by atoms with E-state index in [2.05, 4.69) is 39.8 Å². The Balaban J connectivity index is 2.10. The average molecular weight is 295 g/mol. The van der Waals surface area contributed by atoms with Crippen LogP contribution >= 0.6 is 11.6 Å². The van der Waals surface area contributed by atoms with Crippen molar-refractivity contribution in [2.45, 2.75) is 59.8 Å². The summed E-state index contributed by atoms with van der Waals surface area (Å²) >= 11 is 6.47. The summed E-state index contributed by atoms with van der Waals surface area (Å²) < 4.78 is 6.16. The molecule has 2 aliphatic carbocycles. The standard InChI is InChI=1S/C18H27ClO/c1-5-14-10-13(4)6-8-17(14)20-18-9-7-15(12(2)3)11-16(18)19/h6,8,12-13,15H,5,7,9-11H2,1-4H3. The lowest BCUT2D eigenvalue weighted by Gasteiger charge is -2.28. The second-order valence-corrected chi connectivity index (χ2v) is 7.00. The van der Waals surface area contributed by atoms with Gasteiger partial charge in [0.15, 0.2) is 0 Å². The van der Waals surface area contributed by atoms with Gasteiger partial charge in [0, 0.05) is 6.42 Å². The predicted octanol–water partition coefficient (Wildman–Crippen LogP) is 6.17. The van der Waals surface area contributed by atoms with E-state index in [0.717, 1.165) is 42.2 Å². The Labute approximate surface area is 128 Å². The quantitative estimate of drug-likeness (QED) is 0.602. The van der Waals surface area contributed by atoms with Crippen LogP contribution in [-0.2, 0) is 4.74 Å². The molecule has 2 unspecified atom stereocenters. The van der Waals surface area contributed by atoms with Crippen molar-refractivity contribution >= 4 is 11.6 Å². The van der Waals surface area contributed by atoms with Crippen LogP contribution in [0.25, 0.3) is 0 Å². The third-order valence-electron chi connectivity index (χ3n) is 4.58. The predicted molar refractivity (Wildman–Crippen MR) is 86.4 cm³/mol. The maximum absolute atomic E-state index is 6.47. The van der Waals surface area contributed by atoms with Crippen LogP contribution in [0.5, 0.6) is 0 Å². The van der Waals surface area contributed by atoms with Gasteiger partial charge in [-0.15, -0.1) is 0 Å². The number of rotatable bonds is 4. The number of allylic oxidation sites excluding steroid dienone is 5. The van der Waals surface area contributed by atoms with E-state index >= 15 is 0 Å². The first-order valence-corrected chi connectivity index (χ1v) is 8.34. The maximum Gasteiger partial charge on any atom is 0.125 e. The number of hydrogen-bond donors (Lipinski definition) is 0. The molecule has 0 spiro atoms. The van der Waals surface area contributed by atoms with Gasteiger partial charge in [0.25, 0.3) is 0 Å². The van der Waals surface area contributed by atoms with Crippen molar-refractivity contribution in [3.63, 3.8) is 0 Å². The monoisotopic (exact) mass is 294 g/mol. The maximum atomic E-state index is 6.47. The first-order chi connectivity index (χ1) is 9.51. The average Bonchev–Trinajstić information content (AvgIpc) is 2.42. The summed E-state index contributed by atoms with van der Waals surface area (Å²) in [5.41, 5.74) is 1.42. The van der Waals surface area contributed by atoms with Crippen molar-refractivity contribution in [3.8, 4) is 0 Å². The second kappa shape index (κ2) is 6.85. The minimum absolute atomic E-state index is 0.624. The molecule has 2 atom stereocenters. The minimum atomic E-state index is 0.624. The Hall–Kier alpha value is -0.690. The normalized spacial score (nSPS) is 27.5. The van der Waals surface area contributed by atoms with E-state index in [9.17, 15) is 0 Å². The largest absolute Gasteiger partial charge is 0.461 e. The van der Waals surface area contributed by atoms with Crippen molar-refractivity contribution in [1.29, 1.82) is 0 Å². The molecule has 1 nitrogen and oxygen atoms in total. The van der Waals surface area contributed by atoms with Gasteiger partial charge < -0.3 is 4.74 Å². The van der Waals surface area contributed by atoms with Crippen LogP contribution in [0, 0.1) is 17.8 Å². The van der Waals surface area contributed by atoms with Gasteiger partial charge in [-0.3, -0.25) is 0 Å². The SMILES string of the molecule is CCC1=C(OC2=C(Cl)CC(C(C)C)CC2)C=CC(C)C1. The summed E-state index contributed by atoms with van der Waals surface area (Å²) in [4.78, 5) is 0. The number of ether oxygens (including phenoxy) is 1. The topological polar surface area (TPSA) is 9.23 Å². The van der Waals surface area contributed by atoms with E-state index in [1.54, 1.807) is 0 Å². The van der Waals surface area contributed by atoms with E-state index in [-0.39, 0.29) is 0 Å². The summed E-state index contributed by atoms with van der Waals surface area (Å²) in [6.07, 6.45) is 9.69. The van der Waals surface area contributed by atoms with Gasteiger partial charge >= 0.3 is 0 Å². The van der Waals surface area contributed by atoms with Gasteiger partial charge in [0.05, 0.1) is 5.03 Å². The zero-order valence-electron chi connectivity index (χ0n) is 13.2. The summed E-state index contributed by atoms with van der Waals surface area (Å²) in [6.45, 7) is 9.02. The molecule has 2 heteroatoms. The van der Waals surface area contributed by atoms with Crippen LogP contribution in [0.2, 0.25) is 0 Å². The lowest BCUT2D eigenvalue weighted by molar-refractivity contribution is 0.247. The van der Waals surface area contributed by atoms with Crippen LogP contribution in [0.3, 0.4) is 0 Å². The molecule has 0 aliphatic heterocycles. The van der Waals surface area contributed by atoms with Crippen molar-refractivity contribution in [3.05, 3.63) is 34.3 Å². The Morgan fingerprint density at radius 3 is 2.70 bits per heavy atom. The Morgan fingerprint density at radius 2 is 2.10 bits per heavy atom. The molecule has 0 N–H and O–H groups in total. The lowest BCUT2D eigenvalue weighted by atomic mass is 9.84. The van der Waals surface area contributed by atoms with Gasteiger partial charge in [-0.1, -0.05) is 45.4 Å². The molecule has 0 saturated carbocycles. The van der Waals surface area contributed by atoms with E-state index in [1.807, 2.05) is 0 Å². The highest BCUT2D eigenvalue weighted by Gasteiger charge is 2.24. The van der Waals surface area contributed by atoms with Crippen LogP contribution < -0.4 is 0 Å². The summed E-state index contributed by atoms with van der Waals surface area (Å²) in [6, 6.07) is 0. The van der Waals surface area contributed by atoms with Crippen LogP contribution in [0.15, 0.2) is 34.3 Å². The van der Waals surface area contributed by atoms with Crippen LogP contribution in [0.4, 0.5) is 0 Å². The summed E-state index contributed by atoms with van der Waals surface area (Å²) in [5, 5.41) is 0.935. The zero-order chi connectivity index (χ0) is 14.7. The molecule has 0 aromatic heterocycles. The molecular formula is C18H27ClO. The molecule has 0 saturated heterocycles. The molecule has 2 rings (SSSR count). The van der Waals surface area contributed by atoms with Gasteiger partial charge in [-0.05, 0) is 55.1 Å². The van der Waals surface area contributed by atoms with Crippen molar-refractivity contribution in [2.75, 3.05) is 0 Å². The fourth-order valence-electron chi connectivity index (χ4n) is 3.06. The van der Waals surface area contributed by atoms with Gasteiger partial charge in [0.2, 0.25) is 0 Å². The fraction of sp³-hybridized carbons (Fsp3) is 0.667. The highest BCUT2D eigenvalue weighted by molar-refractivity contribution is 6.29. The van der Waals surface area contributed by atoms with E-state index in [0.29, 0.717) is 17.8 Å². The highest BCUT2D eigenvalue weighted by Crippen LogP contribution is 2.38. The molecule has 0 amide bonds. The molecular weight excluding hydrogens is 268 g/mol. The lowest BCUT2D eigenvalue weighted by Crippen LogP contribution is -2.15. The Morgan fingerprint density at radius 1 is 1.35 bits per heavy atom. The zero-order valence-corrected chi connectivity index (χ0v) is 14.0. The molecule has 20 heavy (non-hydrogen) atoms. The van der Waals surface area contributed by atoms with Gasteiger partial charge in [-0.2, -0.15) is 0 Å². The molecule has 112 valence electrons. The van der Waals surface area contributed by atoms with Gasteiger partial charge in [0.1, 0.15) is 11.5 Å². The molecule has 2 aliphatic rings. The van der Waals surface area contributed by atoms with Crippen LogP contribution in [-0.4, -0.2) is 0 Å². The van der Waals surface area contributed by atoms with Gasteiger partial charge in [-0.25, -0.2) is 0 Å². The number of hydrogen-bond acceptors (Lipinski definition) is 1. The number of halogens is 1. The molecule has 0 fully saturated rings. The van der Waals surface area contributed by atoms with Crippen LogP contribution in [0.1, 0.15) is 59.8 Å². The Kier molecular flexibility index (Phi) is 5.37. The molecule has 0 heterocycles. The molecule has 0 bridgehead atoms. The molecule has 0 aromatic rings. The fourth-order valence-corrected chi connectivity index (χ4v) is 3.39. The highest BCUT2D eigenvalue weighted by atomic mass is 35.5. The third-order valence-corrected chi connectivity index (χ3v) is 4.95. The van der Waals surface area contributed by atoms with Crippen molar-refractivity contribution in [1.82, 2.24) is 0 Å². The summed E-state index contributed by atoms with van der Waals surface area (Å²) in [5.74, 6) is 4.08. The second-order valence-electron chi connectivity index (χ2n) is 6.54. The smallest absolute Gasteiger partial charge is 0.125 e. The van der Waals surface area contributed by atoms with E-state index in [4.69, 9.17) is 16.3 Å². The molecule has 0 radical (unpaired) electrons. The summed E-state index contributed by atoms with van der Waals surface area (Å²) in [7, 11) is 0. The first kappa shape index (κ1) is 15.7. The minimum Gasteiger partial charge on any atom is -0.461 e. The molecule has 0 aromatic carbocycles. The first-order valence-electron chi connectivity index (χ1n) is 7.96. The van der Waals surface area contributed by atoms with E-state index < -0.39 is 0 Å². The van der Waals surface area contributed by atoms with Crippen molar-refractivity contribution in [2.24, 2.45) is 17.8 Å². The van der Waals surface area contributed by atoms with E-state index in [1.165, 1.54) is 12.0 Å².